The van der Waals surface area contributed by atoms with E-state index < -0.39 is 11.7 Å². The van der Waals surface area contributed by atoms with Crippen LogP contribution in [0.15, 0.2) is 24.4 Å². The summed E-state index contributed by atoms with van der Waals surface area (Å²) in [7, 11) is 1.35. The number of amides is 1. The van der Waals surface area contributed by atoms with Gasteiger partial charge in [0.25, 0.3) is 0 Å². The second-order valence-electron chi connectivity index (χ2n) is 6.06. The molecule has 1 aromatic carbocycles. The number of benzene rings is 1. The Bertz CT molecular complexity index is 716. The first-order chi connectivity index (χ1) is 10.8. The van der Waals surface area contributed by atoms with E-state index >= 15 is 0 Å². The number of esters is 1. The zero-order valence-electron chi connectivity index (χ0n) is 13.8. The third-order valence-electron chi connectivity index (χ3n) is 3.05. The number of rotatable bonds is 4. The van der Waals surface area contributed by atoms with Crippen molar-refractivity contribution >= 4 is 23.0 Å². The van der Waals surface area contributed by atoms with Crippen molar-refractivity contribution in [2.75, 3.05) is 13.7 Å². The first kappa shape index (κ1) is 16.8. The van der Waals surface area contributed by atoms with Crippen LogP contribution in [0.3, 0.4) is 0 Å². The second-order valence-corrected chi connectivity index (χ2v) is 6.06. The van der Waals surface area contributed by atoms with Crippen molar-refractivity contribution in [1.29, 1.82) is 0 Å². The lowest BCUT2D eigenvalue weighted by atomic mass is 10.1. The molecule has 0 aliphatic rings. The molecule has 0 saturated heterocycles. The summed E-state index contributed by atoms with van der Waals surface area (Å²) in [4.78, 5) is 23.1. The van der Waals surface area contributed by atoms with E-state index in [2.05, 4.69) is 10.4 Å². The SMILES string of the molecule is COC(=O)c1ccc2c(cnn2CCNC(=O)OC(C)(C)C)c1. The quantitative estimate of drug-likeness (QED) is 0.875. The average molecular weight is 319 g/mol. The summed E-state index contributed by atoms with van der Waals surface area (Å²) in [6.07, 6.45) is 1.22. The molecule has 0 unspecified atom stereocenters. The molecular formula is C16H21N3O4. The normalized spacial score (nSPS) is 11.3. The third kappa shape index (κ3) is 4.45. The van der Waals surface area contributed by atoms with Gasteiger partial charge in [0.05, 0.1) is 30.9 Å². The number of nitrogens with one attached hydrogen (secondary N) is 1. The van der Waals surface area contributed by atoms with Crippen LogP contribution >= 0.6 is 0 Å². The van der Waals surface area contributed by atoms with E-state index in [1.165, 1.54) is 7.11 Å². The summed E-state index contributed by atoms with van der Waals surface area (Å²) >= 11 is 0. The fraction of sp³-hybridized carbons (Fsp3) is 0.438. The maximum atomic E-state index is 11.6. The van der Waals surface area contributed by atoms with Crippen LogP contribution < -0.4 is 5.32 Å². The van der Waals surface area contributed by atoms with Crippen LogP contribution in [0.1, 0.15) is 31.1 Å². The molecule has 0 saturated carbocycles. The molecule has 0 spiro atoms. The Balaban J connectivity index is 1.99. The molecule has 7 nitrogen and oxygen atoms in total. The molecule has 2 aromatic rings. The molecule has 0 bridgehead atoms. The number of hydrogen-bond donors (Lipinski definition) is 1. The molecule has 1 aromatic heterocycles. The standard InChI is InChI=1S/C16H21N3O4/c1-16(2,3)23-15(21)17-7-8-19-13-6-5-11(14(20)22-4)9-12(13)10-18-19/h5-6,9-10H,7-8H2,1-4H3,(H,17,21). The van der Waals surface area contributed by atoms with Crippen molar-refractivity contribution in [3.63, 3.8) is 0 Å². The fourth-order valence-corrected chi connectivity index (χ4v) is 2.09. The van der Waals surface area contributed by atoms with E-state index in [-0.39, 0.29) is 5.97 Å². The number of hydrogen-bond acceptors (Lipinski definition) is 5. The minimum absolute atomic E-state index is 0.383. The molecule has 0 fully saturated rings. The Kier molecular flexibility index (Phi) is 4.88. The topological polar surface area (TPSA) is 82.5 Å². The molecule has 0 radical (unpaired) electrons. The molecule has 1 heterocycles. The number of carbonyl (C=O) groups is 2. The Labute approximate surface area is 134 Å². The molecule has 23 heavy (non-hydrogen) atoms. The Morgan fingerprint density at radius 2 is 2.04 bits per heavy atom. The van der Waals surface area contributed by atoms with Gasteiger partial charge < -0.3 is 14.8 Å². The predicted molar refractivity (Wildman–Crippen MR) is 85.3 cm³/mol. The minimum Gasteiger partial charge on any atom is -0.465 e. The molecule has 0 atom stereocenters. The zero-order valence-corrected chi connectivity index (χ0v) is 13.8. The van der Waals surface area contributed by atoms with Gasteiger partial charge >= 0.3 is 12.1 Å². The van der Waals surface area contributed by atoms with E-state index in [1.807, 2.05) is 26.8 Å². The van der Waals surface area contributed by atoms with E-state index in [1.54, 1.807) is 23.0 Å². The van der Waals surface area contributed by atoms with Crippen molar-refractivity contribution in [2.45, 2.75) is 32.9 Å². The monoisotopic (exact) mass is 319 g/mol. The van der Waals surface area contributed by atoms with Gasteiger partial charge in [0.2, 0.25) is 0 Å². The van der Waals surface area contributed by atoms with Crippen LogP contribution in [0.5, 0.6) is 0 Å². The summed E-state index contributed by atoms with van der Waals surface area (Å²) in [6, 6.07) is 5.22. The first-order valence-electron chi connectivity index (χ1n) is 7.31. The van der Waals surface area contributed by atoms with E-state index in [0.717, 1.165) is 10.9 Å². The molecule has 1 N–H and O–H groups in total. The van der Waals surface area contributed by atoms with Gasteiger partial charge in [0.15, 0.2) is 0 Å². The molecular weight excluding hydrogens is 298 g/mol. The third-order valence-corrected chi connectivity index (χ3v) is 3.05. The number of methoxy groups -OCH3 is 1. The van der Waals surface area contributed by atoms with Crippen LogP contribution in [0, 0.1) is 0 Å². The van der Waals surface area contributed by atoms with Crippen molar-refractivity contribution < 1.29 is 19.1 Å². The highest BCUT2D eigenvalue weighted by molar-refractivity contribution is 5.94. The maximum Gasteiger partial charge on any atom is 0.407 e. The number of aromatic nitrogens is 2. The van der Waals surface area contributed by atoms with Gasteiger partial charge in [-0.15, -0.1) is 0 Å². The Morgan fingerprint density at radius 1 is 1.30 bits per heavy atom. The molecule has 2 rings (SSSR count). The lowest BCUT2D eigenvalue weighted by molar-refractivity contribution is 0.0524. The molecule has 1 amide bonds. The highest BCUT2D eigenvalue weighted by Crippen LogP contribution is 2.16. The van der Waals surface area contributed by atoms with Crippen molar-refractivity contribution in [3.8, 4) is 0 Å². The van der Waals surface area contributed by atoms with Crippen molar-refractivity contribution in [1.82, 2.24) is 15.1 Å². The second kappa shape index (κ2) is 6.68. The zero-order chi connectivity index (χ0) is 17.0. The lowest BCUT2D eigenvalue weighted by Gasteiger charge is -2.19. The van der Waals surface area contributed by atoms with Crippen molar-refractivity contribution in [3.05, 3.63) is 30.0 Å². The fourth-order valence-electron chi connectivity index (χ4n) is 2.09. The van der Waals surface area contributed by atoms with E-state index in [4.69, 9.17) is 9.47 Å². The summed E-state index contributed by atoms with van der Waals surface area (Å²) in [5.41, 5.74) is 0.835. The largest absolute Gasteiger partial charge is 0.465 e. The van der Waals surface area contributed by atoms with Gasteiger partial charge in [0, 0.05) is 11.9 Å². The summed E-state index contributed by atoms with van der Waals surface area (Å²) < 4.78 is 11.6. The number of alkyl carbamates (subject to hydrolysis) is 1. The van der Waals surface area contributed by atoms with Crippen LogP contribution in [0.4, 0.5) is 4.79 Å². The predicted octanol–water partition coefficient (Wildman–Crippen LogP) is 2.35. The van der Waals surface area contributed by atoms with Gasteiger partial charge in [-0.05, 0) is 39.0 Å². The van der Waals surface area contributed by atoms with Gasteiger partial charge in [-0.3, -0.25) is 4.68 Å². The number of ether oxygens (including phenoxy) is 2. The number of carbonyl (C=O) groups excluding carboxylic acids is 2. The highest BCUT2D eigenvalue weighted by Gasteiger charge is 2.15. The average Bonchev–Trinajstić information content (AvgIpc) is 2.87. The Hall–Kier alpha value is -2.57. The van der Waals surface area contributed by atoms with Gasteiger partial charge in [-0.2, -0.15) is 5.10 Å². The maximum absolute atomic E-state index is 11.6. The van der Waals surface area contributed by atoms with E-state index in [0.29, 0.717) is 18.7 Å². The highest BCUT2D eigenvalue weighted by atomic mass is 16.6. The number of fused-ring (bicyclic) bond motifs is 1. The van der Waals surface area contributed by atoms with Gasteiger partial charge in [-0.25, -0.2) is 9.59 Å². The number of nitrogens with zero attached hydrogens (tertiary/aromatic N) is 2. The lowest BCUT2D eigenvalue weighted by Crippen LogP contribution is -2.34. The van der Waals surface area contributed by atoms with Crippen LogP contribution in [-0.2, 0) is 16.0 Å². The minimum atomic E-state index is -0.521. The molecule has 0 aliphatic carbocycles. The van der Waals surface area contributed by atoms with Crippen molar-refractivity contribution in [2.24, 2.45) is 0 Å². The van der Waals surface area contributed by atoms with Crippen LogP contribution in [0.2, 0.25) is 0 Å². The Morgan fingerprint density at radius 3 is 2.70 bits per heavy atom. The van der Waals surface area contributed by atoms with Gasteiger partial charge in [0.1, 0.15) is 5.60 Å². The van der Waals surface area contributed by atoms with Gasteiger partial charge in [-0.1, -0.05) is 0 Å². The van der Waals surface area contributed by atoms with E-state index in [9.17, 15) is 9.59 Å². The molecule has 0 aliphatic heterocycles. The molecule has 7 heteroatoms. The smallest absolute Gasteiger partial charge is 0.407 e. The first-order valence-corrected chi connectivity index (χ1v) is 7.31. The molecule has 124 valence electrons. The summed E-state index contributed by atoms with van der Waals surface area (Å²) in [6.45, 7) is 6.33. The summed E-state index contributed by atoms with van der Waals surface area (Å²) in [5.74, 6) is -0.383. The van der Waals surface area contributed by atoms with Crippen LogP contribution in [0.25, 0.3) is 10.9 Å². The van der Waals surface area contributed by atoms with Crippen LogP contribution in [-0.4, -0.2) is 41.1 Å². The summed E-state index contributed by atoms with van der Waals surface area (Å²) in [5, 5.41) is 7.79.